The smallest absolute Gasteiger partial charge is 0.143 e. The zero-order valence-electron chi connectivity index (χ0n) is 8.33. The molecule has 0 fully saturated rings. The number of hydrogen-bond donors (Lipinski definition) is 0. The Hall–Kier alpha value is -1.44. The molecule has 0 spiro atoms. The Balaban J connectivity index is 3.06. The summed E-state index contributed by atoms with van der Waals surface area (Å²) in [7, 11) is 0. The van der Waals surface area contributed by atoms with Crippen LogP contribution in [0.1, 0.15) is 19.4 Å². The number of carbonyl (C=O) groups is 1. The van der Waals surface area contributed by atoms with Crippen LogP contribution in [0, 0.1) is 11.7 Å². The summed E-state index contributed by atoms with van der Waals surface area (Å²) in [5.41, 5.74) is 1.83. The van der Waals surface area contributed by atoms with Crippen LogP contribution in [-0.2, 0) is 4.79 Å². The molecule has 0 aliphatic rings. The molecule has 0 aliphatic heterocycles. The third-order valence-electron chi connectivity index (χ3n) is 2.05. The fourth-order valence-electron chi connectivity index (χ4n) is 1.34. The third-order valence-corrected chi connectivity index (χ3v) is 2.05. The van der Waals surface area contributed by atoms with E-state index in [1.165, 1.54) is 18.2 Å². The van der Waals surface area contributed by atoms with Gasteiger partial charge in [-0.15, -0.1) is 0 Å². The van der Waals surface area contributed by atoms with Crippen LogP contribution in [0.25, 0.3) is 5.57 Å². The summed E-state index contributed by atoms with van der Waals surface area (Å²) in [5.74, 6) is -0.00591. The van der Waals surface area contributed by atoms with Gasteiger partial charge in [-0.2, -0.15) is 0 Å². The molecule has 0 aromatic heterocycles. The maximum Gasteiger partial charge on any atom is 0.143 e. The average molecular weight is 192 g/mol. The lowest BCUT2D eigenvalue weighted by molar-refractivity contribution is -0.104. The minimum atomic E-state index is -0.261. The SMILES string of the molecule is CC(C)/C(=C/C=O)c1ccc(F)cc1. The number of benzene rings is 1. The average Bonchev–Trinajstić information content (AvgIpc) is 2.15. The van der Waals surface area contributed by atoms with E-state index in [0.29, 0.717) is 0 Å². The Labute approximate surface area is 83.3 Å². The van der Waals surface area contributed by atoms with E-state index in [2.05, 4.69) is 0 Å². The highest BCUT2D eigenvalue weighted by Gasteiger charge is 2.05. The second kappa shape index (κ2) is 4.70. The standard InChI is InChI=1S/C12H13FO/c1-9(2)12(7-8-14)10-3-5-11(13)6-4-10/h3-9H,1-2H3/b12-7-. The first-order valence-electron chi connectivity index (χ1n) is 4.56. The highest BCUT2D eigenvalue weighted by Crippen LogP contribution is 2.22. The van der Waals surface area contributed by atoms with Crippen molar-refractivity contribution in [1.29, 1.82) is 0 Å². The predicted molar refractivity (Wildman–Crippen MR) is 55.3 cm³/mol. The van der Waals surface area contributed by atoms with Crippen molar-refractivity contribution in [1.82, 2.24) is 0 Å². The van der Waals surface area contributed by atoms with Gasteiger partial charge in [0.05, 0.1) is 0 Å². The summed E-state index contributed by atoms with van der Waals surface area (Å²) < 4.78 is 12.6. The molecular weight excluding hydrogens is 179 g/mol. The molecule has 74 valence electrons. The Morgan fingerprint density at radius 2 is 1.86 bits per heavy atom. The molecule has 1 aromatic rings. The van der Waals surface area contributed by atoms with E-state index in [9.17, 15) is 9.18 Å². The van der Waals surface area contributed by atoms with Crippen LogP contribution in [0.2, 0.25) is 0 Å². The first kappa shape index (κ1) is 10.6. The molecule has 0 N–H and O–H groups in total. The van der Waals surface area contributed by atoms with E-state index in [4.69, 9.17) is 0 Å². The van der Waals surface area contributed by atoms with Gasteiger partial charge in [-0.1, -0.05) is 26.0 Å². The van der Waals surface area contributed by atoms with Crippen molar-refractivity contribution in [2.75, 3.05) is 0 Å². The minimum Gasteiger partial charge on any atom is -0.299 e. The monoisotopic (exact) mass is 192 g/mol. The lowest BCUT2D eigenvalue weighted by Gasteiger charge is -2.10. The topological polar surface area (TPSA) is 17.1 Å². The number of allylic oxidation sites excluding steroid dienone is 2. The quantitative estimate of drug-likeness (QED) is 0.531. The van der Waals surface area contributed by atoms with Gasteiger partial charge in [-0.05, 0) is 35.3 Å². The van der Waals surface area contributed by atoms with Gasteiger partial charge < -0.3 is 0 Å². The summed E-state index contributed by atoms with van der Waals surface area (Å²) in [4.78, 5) is 10.4. The molecule has 0 saturated carbocycles. The van der Waals surface area contributed by atoms with Gasteiger partial charge in [-0.3, -0.25) is 4.79 Å². The summed E-state index contributed by atoms with van der Waals surface area (Å²) >= 11 is 0. The van der Waals surface area contributed by atoms with E-state index < -0.39 is 0 Å². The van der Waals surface area contributed by atoms with Crippen molar-refractivity contribution in [2.24, 2.45) is 5.92 Å². The van der Waals surface area contributed by atoms with Crippen molar-refractivity contribution in [3.63, 3.8) is 0 Å². The summed E-state index contributed by atoms with van der Waals surface area (Å²) in [6, 6.07) is 6.17. The van der Waals surface area contributed by atoms with Crippen LogP contribution >= 0.6 is 0 Å². The van der Waals surface area contributed by atoms with Crippen LogP contribution in [-0.4, -0.2) is 6.29 Å². The van der Waals surface area contributed by atoms with Gasteiger partial charge in [0.1, 0.15) is 12.1 Å². The largest absolute Gasteiger partial charge is 0.299 e. The Morgan fingerprint density at radius 3 is 2.29 bits per heavy atom. The van der Waals surface area contributed by atoms with Gasteiger partial charge in [0.25, 0.3) is 0 Å². The Kier molecular flexibility index (Phi) is 3.57. The predicted octanol–water partition coefficient (Wildman–Crippen LogP) is 3.06. The van der Waals surface area contributed by atoms with Crippen LogP contribution in [0.15, 0.2) is 30.3 Å². The lowest BCUT2D eigenvalue weighted by Crippen LogP contribution is -1.94. The van der Waals surface area contributed by atoms with Crippen molar-refractivity contribution < 1.29 is 9.18 Å². The third kappa shape index (κ3) is 2.52. The van der Waals surface area contributed by atoms with Crippen molar-refractivity contribution in [3.8, 4) is 0 Å². The molecule has 1 nitrogen and oxygen atoms in total. The van der Waals surface area contributed by atoms with E-state index in [1.54, 1.807) is 12.1 Å². The van der Waals surface area contributed by atoms with Gasteiger partial charge >= 0.3 is 0 Å². The van der Waals surface area contributed by atoms with Crippen molar-refractivity contribution in [3.05, 3.63) is 41.7 Å². The molecule has 2 heteroatoms. The second-order valence-electron chi connectivity index (χ2n) is 3.42. The first-order chi connectivity index (χ1) is 6.65. The summed E-state index contributed by atoms with van der Waals surface area (Å²) in [6.07, 6.45) is 2.29. The van der Waals surface area contributed by atoms with Gasteiger partial charge in [0.2, 0.25) is 0 Å². The van der Waals surface area contributed by atoms with E-state index in [-0.39, 0.29) is 11.7 Å². The fourth-order valence-corrected chi connectivity index (χ4v) is 1.34. The lowest BCUT2D eigenvalue weighted by atomic mass is 9.95. The van der Waals surface area contributed by atoms with Crippen LogP contribution < -0.4 is 0 Å². The van der Waals surface area contributed by atoms with Crippen LogP contribution in [0.3, 0.4) is 0 Å². The van der Waals surface area contributed by atoms with Crippen molar-refractivity contribution in [2.45, 2.75) is 13.8 Å². The Morgan fingerprint density at radius 1 is 1.29 bits per heavy atom. The second-order valence-corrected chi connectivity index (χ2v) is 3.42. The molecular formula is C12H13FO. The molecule has 0 unspecified atom stereocenters. The molecule has 0 bridgehead atoms. The molecule has 0 atom stereocenters. The summed E-state index contributed by atoms with van der Waals surface area (Å²) in [5, 5.41) is 0. The number of rotatable bonds is 3. The Bertz CT molecular complexity index is 336. The highest BCUT2D eigenvalue weighted by atomic mass is 19.1. The summed E-state index contributed by atoms with van der Waals surface area (Å²) in [6.45, 7) is 4.00. The fraction of sp³-hybridized carbons (Fsp3) is 0.250. The van der Waals surface area contributed by atoms with E-state index >= 15 is 0 Å². The molecule has 0 heterocycles. The number of halogens is 1. The zero-order valence-corrected chi connectivity index (χ0v) is 8.33. The first-order valence-corrected chi connectivity index (χ1v) is 4.56. The molecule has 14 heavy (non-hydrogen) atoms. The molecule has 0 amide bonds. The molecule has 1 rings (SSSR count). The maximum absolute atomic E-state index is 12.6. The molecule has 1 aromatic carbocycles. The van der Waals surface area contributed by atoms with E-state index in [0.717, 1.165) is 17.4 Å². The van der Waals surface area contributed by atoms with Gasteiger partial charge in [0.15, 0.2) is 0 Å². The molecule has 0 aliphatic carbocycles. The van der Waals surface area contributed by atoms with Crippen LogP contribution in [0.4, 0.5) is 4.39 Å². The zero-order chi connectivity index (χ0) is 10.6. The van der Waals surface area contributed by atoms with Crippen LogP contribution in [0.5, 0.6) is 0 Å². The number of aldehydes is 1. The maximum atomic E-state index is 12.6. The molecule has 0 radical (unpaired) electrons. The number of hydrogen-bond acceptors (Lipinski definition) is 1. The van der Waals surface area contributed by atoms with Crippen molar-refractivity contribution >= 4 is 11.9 Å². The van der Waals surface area contributed by atoms with Gasteiger partial charge in [0, 0.05) is 0 Å². The normalized spacial score (nSPS) is 11.9. The highest BCUT2D eigenvalue weighted by molar-refractivity contribution is 5.82. The number of carbonyl (C=O) groups excluding carboxylic acids is 1. The van der Waals surface area contributed by atoms with Gasteiger partial charge in [-0.25, -0.2) is 4.39 Å². The van der Waals surface area contributed by atoms with E-state index in [1.807, 2.05) is 13.8 Å². The minimum absolute atomic E-state index is 0.255. The molecule has 0 saturated heterocycles.